The number of aryl methyl sites for hydroxylation is 2. The highest BCUT2D eigenvalue weighted by atomic mass is 35.5. The highest BCUT2D eigenvalue weighted by Crippen LogP contribution is 2.20. The first kappa shape index (κ1) is 9.53. The Morgan fingerprint density at radius 1 is 1.36 bits per heavy atom. The maximum Gasteiger partial charge on any atom is 0.109 e. The fraction of sp³-hybridized carbons (Fsp3) is 0.364. The van der Waals surface area contributed by atoms with Crippen LogP contribution in [0.3, 0.4) is 0 Å². The number of aromatic nitrogens is 2. The van der Waals surface area contributed by atoms with Gasteiger partial charge in [0.15, 0.2) is 0 Å². The summed E-state index contributed by atoms with van der Waals surface area (Å²) >= 11 is 5.92. The molecule has 74 valence electrons. The third kappa shape index (κ3) is 1.40. The van der Waals surface area contributed by atoms with Gasteiger partial charge in [0, 0.05) is 18.0 Å². The summed E-state index contributed by atoms with van der Waals surface area (Å²) in [5, 5.41) is 0.751. The molecule has 3 heteroatoms. The molecule has 0 fully saturated rings. The van der Waals surface area contributed by atoms with Crippen molar-refractivity contribution in [3.63, 3.8) is 0 Å². The molecular formula is C11H13ClN2. The number of nitrogens with zero attached hydrogens (tertiary/aromatic N) is 2. The van der Waals surface area contributed by atoms with Crippen molar-refractivity contribution in [2.75, 3.05) is 0 Å². The molecule has 0 aliphatic carbocycles. The second kappa shape index (κ2) is 3.62. The van der Waals surface area contributed by atoms with Gasteiger partial charge in [-0.1, -0.05) is 18.5 Å². The van der Waals surface area contributed by atoms with Crippen LogP contribution in [0, 0.1) is 0 Å². The van der Waals surface area contributed by atoms with Gasteiger partial charge in [0.2, 0.25) is 0 Å². The van der Waals surface area contributed by atoms with Crippen molar-refractivity contribution < 1.29 is 0 Å². The zero-order chi connectivity index (χ0) is 10.1. The third-order valence-corrected chi connectivity index (χ3v) is 2.66. The molecule has 0 bridgehead atoms. The first-order valence-electron chi connectivity index (χ1n) is 4.91. The first-order valence-corrected chi connectivity index (χ1v) is 5.28. The van der Waals surface area contributed by atoms with Crippen molar-refractivity contribution in [1.29, 1.82) is 0 Å². The SMILES string of the molecule is CCc1nc2cc(Cl)ccc2n1CC. The molecule has 2 nitrogen and oxygen atoms in total. The van der Waals surface area contributed by atoms with E-state index in [4.69, 9.17) is 11.6 Å². The number of hydrogen-bond acceptors (Lipinski definition) is 1. The van der Waals surface area contributed by atoms with Gasteiger partial charge in [0.25, 0.3) is 0 Å². The van der Waals surface area contributed by atoms with Crippen molar-refractivity contribution in [1.82, 2.24) is 9.55 Å². The Bertz CT molecular complexity index is 460. The lowest BCUT2D eigenvalue weighted by molar-refractivity contribution is 0.726. The van der Waals surface area contributed by atoms with Crippen molar-refractivity contribution >= 4 is 22.6 Å². The molecule has 0 amide bonds. The van der Waals surface area contributed by atoms with Crippen LogP contribution >= 0.6 is 11.6 Å². The standard InChI is InChI=1S/C11H13ClN2/c1-3-11-13-9-7-8(12)5-6-10(9)14(11)4-2/h5-7H,3-4H2,1-2H3. The van der Waals surface area contributed by atoms with E-state index < -0.39 is 0 Å². The van der Waals surface area contributed by atoms with Crippen molar-refractivity contribution in [2.24, 2.45) is 0 Å². The predicted octanol–water partition coefficient (Wildman–Crippen LogP) is 3.27. The molecule has 1 aromatic heterocycles. The van der Waals surface area contributed by atoms with Gasteiger partial charge < -0.3 is 4.57 Å². The monoisotopic (exact) mass is 208 g/mol. The summed E-state index contributed by atoms with van der Waals surface area (Å²) in [5.41, 5.74) is 2.17. The molecule has 0 atom stereocenters. The minimum absolute atomic E-state index is 0.751. The number of imidazole rings is 1. The zero-order valence-corrected chi connectivity index (χ0v) is 9.17. The number of halogens is 1. The van der Waals surface area contributed by atoms with E-state index in [1.807, 2.05) is 18.2 Å². The molecule has 1 heterocycles. The van der Waals surface area contributed by atoms with E-state index in [9.17, 15) is 0 Å². The quantitative estimate of drug-likeness (QED) is 0.741. The van der Waals surface area contributed by atoms with E-state index in [-0.39, 0.29) is 0 Å². The third-order valence-electron chi connectivity index (χ3n) is 2.42. The number of fused-ring (bicyclic) bond motifs is 1. The molecule has 1 aromatic carbocycles. The van der Waals surface area contributed by atoms with Gasteiger partial charge in [0.1, 0.15) is 5.82 Å². The summed E-state index contributed by atoms with van der Waals surface area (Å²) in [6.45, 7) is 5.21. The predicted molar refractivity (Wildman–Crippen MR) is 59.8 cm³/mol. The molecule has 2 aromatic rings. The average Bonchev–Trinajstić information content (AvgIpc) is 2.54. The van der Waals surface area contributed by atoms with Gasteiger partial charge in [-0.2, -0.15) is 0 Å². The average molecular weight is 209 g/mol. The molecule has 0 saturated heterocycles. The Kier molecular flexibility index (Phi) is 2.46. The summed E-state index contributed by atoms with van der Waals surface area (Å²) in [4.78, 5) is 4.54. The number of benzene rings is 1. The normalized spacial score (nSPS) is 11.1. The van der Waals surface area contributed by atoms with Crippen LogP contribution in [-0.4, -0.2) is 9.55 Å². The number of hydrogen-bond donors (Lipinski definition) is 0. The van der Waals surface area contributed by atoms with Crippen LogP contribution in [0.4, 0.5) is 0 Å². The summed E-state index contributed by atoms with van der Waals surface area (Å²) in [5.74, 6) is 1.13. The summed E-state index contributed by atoms with van der Waals surface area (Å²) in [7, 11) is 0. The molecule has 14 heavy (non-hydrogen) atoms. The van der Waals surface area contributed by atoms with Crippen molar-refractivity contribution in [2.45, 2.75) is 26.8 Å². The first-order chi connectivity index (χ1) is 6.76. The Morgan fingerprint density at radius 3 is 2.79 bits per heavy atom. The lowest BCUT2D eigenvalue weighted by Gasteiger charge is -2.02. The van der Waals surface area contributed by atoms with E-state index in [2.05, 4.69) is 23.4 Å². The van der Waals surface area contributed by atoms with E-state index in [1.54, 1.807) is 0 Å². The lowest BCUT2D eigenvalue weighted by Crippen LogP contribution is -1.99. The molecule has 0 unspecified atom stereocenters. The van der Waals surface area contributed by atoms with Crippen LogP contribution < -0.4 is 0 Å². The fourth-order valence-electron chi connectivity index (χ4n) is 1.78. The Morgan fingerprint density at radius 2 is 2.14 bits per heavy atom. The van der Waals surface area contributed by atoms with Gasteiger partial charge in [0.05, 0.1) is 11.0 Å². The van der Waals surface area contributed by atoms with E-state index in [0.29, 0.717) is 0 Å². The molecule has 0 N–H and O–H groups in total. The van der Waals surface area contributed by atoms with Gasteiger partial charge in [-0.3, -0.25) is 0 Å². The molecule has 0 saturated carbocycles. The summed E-state index contributed by atoms with van der Waals surface area (Å²) < 4.78 is 2.23. The fourth-order valence-corrected chi connectivity index (χ4v) is 1.94. The molecule has 2 rings (SSSR count). The van der Waals surface area contributed by atoms with Crippen LogP contribution in [0.25, 0.3) is 11.0 Å². The second-order valence-corrected chi connectivity index (χ2v) is 3.70. The summed E-state index contributed by atoms with van der Waals surface area (Å²) in [6.07, 6.45) is 0.958. The molecular weight excluding hydrogens is 196 g/mol. The topological polar surface area (TPSA) is 17.8 Å². The Balaban J connectivity index is 2.73. The largest absolute Gasteiger partial charge is 0.328 e. The molecule has 0 aliphatic heterocycles. The minimum Gasteiger partial charge on any atom is -0.328 e. The maximum atomic E-state index is 5.92. The van der Waals surface area contributed by atoms with Crippen LogP contribution in [0.1, 0.15) is 19.7 Å². The lowest BCUT2D eigenvalue weighted by atomic mass is 10.3. The van der Waals surface area contributed by atoms with Gasteiger partial charge in [-0.15, -0.1) is 0 Å². The zero-order valence-electron chi connectivity index (χ0n) is 8.42. The highest BCUT2D eigenvalue weighted by Gasteiger charge is 2.07. The number of rotatable bonds is 2. The van der Waals surface area contributed by atoms with Gasteiger partial charge >= 0.3 is 0 Å². The summed E-state index contributed by atoms with van der Waals surface area (Å²) in [6, 6.07) is 5.87. The molecule has 0 radical (unpaired) electrons. The Hall–Kier alpha value is -1.02. The van der Waals surface area contributed by atoms with E-state index >= 15 is 0 Å². The van der Waals surface area contributed by atoms with Crippen LogP contribution in [0.15, 0.2) is 18.2 Å². The van der Waals surface area contributed by atoms with E-state index in [0.717, 1.165) is 29.3 Å². The molecule has 0 aliphatic rings. The highest BCUT2D eigenvalue weighted by molar-refractivity contribution is 6.31. The smallest absolute Gasteiger partial charge is 0.109 e. The van der Waals surface area contributed by atoms with Crippen LogP contribution in [-0.2, 0) is 13.0 Å². The minimum atomic E-state index is 0.751. The van der Waals surface area contributed by atoms with Gasteiger partial charge in [-0.25, -0.2) is 4.98 Å². The van der Waals surface area contributed by atoms with Crippen LogP contribution in [0.5, 0.6) is 0 Å². The Labute approximate surface area is 88.5 Å². The molecule has 0 spiro atoms. The van der Waals surface area contributed by atoms with Crippen molar-refractivity contribution in [3.05, 3.63) is 29.0 Å². The van der Waals surface area contributed by atoms with Crippen molar-refractivity contribution in [3.8, 4) is 0 Å². The maximum absolute atomic E-state index is 5.92. The second-order valence-electron chi connectivity index (χ2n) is 3.26. The van der Waals surface area contributed by atoms with E-state index in [1.165, 1.54) is 5.52 Å². The van der Waals surface area contributed by atoms with Crippen LogP contribution in [0.2, 0.25) is 5.02 Å². The van der Waals surface area contributed by atoms with Gasteiger partial charge in [-0.05, 0) is 25.1 Å².